The highest BCUT2D eigenvalue weighted by Gasteiger charge is 2.28. The largest absolute Gasteiger partial charge is 0.405 e. The first kappa shape index (κ1) is 19.0. The number of amides is 2. The molecule has 1 aliphatic heterocycles. The number of alkyl halides is 3. The number of carbonyl (C=O) groups is 2. The van der Waals surface area contributed by atoms with Crippen molar-refractivity contribution >= 4 is 11.8 Å². The van der Waals surface area contributed by atoms with Crippen LogP contribution in [0.15, 0.2) is 0 Å². The Bertz CT molecular complexity index is 429. The van der Waals surface area contributed by atoms with Crippen LogP contribution in [-0.4, -0.2) is 67.1 Å². The van der Waals surface area contributed by atoms with E-state index in [-0.39, 0.29) is 12.5 Å². The second-order valence-electron chi connectivity index (χ2n) is 6.74. The van der Waals surface area contributed by atoms with Crippen LogP contribution in [0.25, 0.3) is 0 Å². The lowest BCUT2D eigenvalue weighted by atomic mass is 10.0. The molecule has 0 aromatic heterocycles. The van der Waals surface area contributed by atoms with Crippen molar-refractivity contribution in [3.8, 4) is 0 Å². The minimum atomic E-state index is -4.39. The van der Waals surface area contributed by atoms with Crippen molar-refractivity contribution in [2.45, 2.75) is 44.7 Å². The molecule has 1 saturated heterocycles. The summed E-state index contributed by atoms with van der Waals surface area (Å²) in [5.74, 6) is 0.212. The number of rotatable bonds is 6. The zero-order chi connectivity index (χ0) is 17.6. The molecule has 138 valence electrons. The van der Waals surface area contributed by atoms with Gasteiger partial charge in [0, 0.05) is 32.6 Å². The predicted octanol–water partition coefficient (Wildman–Crippen LogP) is 1.78. The molecule has 0 atom stereocenters. The van der Waals surface area contributed by atoms with Crippen molar-refractivity contribution < 1.29 is 22.8 Å². The van der Waals surface area contributed by atoms with Crippen LogP contribution >= 0.6 is 0 Å². The van der Waals surface area contributed by atoms with Crippen molar-refractivity contribution in [3.63, 3.8) is 0 Å². The van der Waals surface area contributed by atoms with Crippen LogP contribution < -0.4 is 5.32 Å². The van der Waals surface area contributed by atoms with Gasteiger partial charge in [-0.25, -0.2) is 0 Å². The lowest BCUT2D eigenvalue weighted by molar-refractivity contribution is -0.140. The minimum absolute atomic E-state index is 0.0554. The molecule has 2 amide bonds. The number of hydrogen-bond acceptors (Lipinski definition) is 3. The maximum atomic E-state index is 12.2. The highest BCUT2D eigenvalue weighted by molar-refractivity contribution is 5.78. The average molecular weight is 349 g/mol. The number of piperazine rings is 1. The molecule has 5 nitrogen and oxygen atoms in total. The summed E-state index contributed by atoms with van der Waals surface area (Å²) in [5, 5.41) is 1.87. The topological polar surface area (TPSA) is 52.7 Å². The van der Waals surface area contributed by atoms with Crippen LogP contribution in [-0.2, 0) is 9.59 Å². The van der Waals surface area contributed by atoms with Gasteiger partial charge in [0.15, 0.2) is 0 Å². The molecule has 0 unspecified atom stereocenters. The molecular weight excluding hydrogens is 323 g/mol. The van der Waals surface area contributed by atoms with Crippen molar-refractivity contribution in [3.05, 3.63) is 0 Å². The molecule has 0 spiro atoms. The van der Waals surface area contributed by atoms with Crippen LogP contribution in [0.4, 0.5) is 13.2 Å². The van der Waals surface area contributed by atoms with Crippen molar-refractivity contribution in [2.75, 3.05) is 39.3 Å². The van der Waals surface area contributed by atoms with E-state index in [0.717, 1.165) is 6.42 Å². The van der Waals surface area contributed by atoms with E-state index < -0.39 is 18.6 Å². The summed E-state index contributed by atoms with van der Waals surface area (Å²) < 4.78 is 36.1. The smallest absolute Gasteiger partial charge is 0.346 e. The van der Waals surface area contributed by atoms with Crippen molar-refractivity contribution in [1.82, 2.24) is 15.1 Å². The monoisotopic (exact) mass is 349 g/mol. The molecular formula is C16H26F3N3O2. The van der Waals surface area contributed by atoms with Crippen molar-refractivity contribution in [2.24, 2.45) is 5.92 Å². The molecule has 0 aromatic carbocycles. The third-order valence-corrected chi connectivity index (χ3v) is 4.82. The van der Waals surface area contributed by atoms with Crippen LogP contribution in [0.5, 0.6) is 0 Å². The van der Waals surface area contributed by atoms with E-state index in [9.17, 15) is 22.8 Å². The van der Waals surface area contributed by atoms with Gasteiger partial charge in [-0.15, -0.1) is 0 Å². The quantitative estimate of drug-likeness (QED) is 0.795. The molecule has 0 aromatic rings. The second-order valence-corrected chi connectivity index (χ2v) is 6.74. The van der Waals surface area contributed by atoms with E-state index >= 15 is 0 Å². The van der Waals surface area contributed by atoms with Crippen LogP contribution in [0.3, 0.4) is 0 Å². The third-order valence-electron chi connectivity index (χ3n) is 4.82. The van der Waals surface area contributed by atoms with Gasteiger partial charge in [0.1, 0.15) is 6.54 Å². The highest BCUT2D eigenvalue weighted by atomic mass is 19.4. The second kappa shape index (κ2) is 8.69. The Hall–Kier alpha value is -1.31. The Morgan fingerprint density at radius 3 is 2.25 bits per heavy atom. The summed E-state index contributed by atoms with van der Waals surface area (Å²) in [4.78, 5) is 27.3. The molecule has 1 heterocycles. The Balaban J connectivity index is 1.61. The lowest BCUT2D eigenvalue weighted by Crippen LogP contribution is -2.51. The Labute approximate surface area is 140 Å². The van der Waals surface area contributed by atoms with Gasteiger partial charge in [-0.05, 0) is 12.3 Å². The fourth-order valence-electron chi connectivity index (χ4n) is 3.40. The fourth-order valence-corrected chi connectivity index (χ4v) is 3.40. The lowest BCUT2D eigenvalue weighted by Gasteiger charge is -2.34. The van der Waals surface area contributed by atoms with Gasteiger partial charge in [0.25, 0.3) is 0 Å². The molecule has 2 fully saturated rings. The Kier molecular flexibility index (Phi) is 6.89. The fraction of sp³-hybridized carbons (Fsp3) is 0.875. The van der Waals surface area contributed by atoms with Gasteiger partial charge < -0.3 is 10.2 Å². The maximum absolute atomic E-state index is 12.2. The number of hydrogen-bond donors (Lipinski definition) is 1. The standard InChI is InChI=1S/C16H26F3N3O2/c17-16(18,19)12-20-14(23)11-21-7-9-22(10-8-21)15(24)6-5-13-3-1-2-4-13/h13H,1-12H2,(H,20,23). The molecule has 2 rings (SSSR count). The number of halogens is 3. The van der Waals surface area contributed by atoms with Gasteiger partial charge in [-0.2, -0.15) is 13.2 Å². The van der Waals surface area contributed by atoms with Crippen molar-refractivity contribution in [1.29, 1.82) is 0 Å². The van der Waals surface area contributed by atoms with Gasteiger partial charge in [-0.1, -0.05) is 25.7 Å². The minimum Gasteiger partial charge on any atom is -0.346 e. The predicted molar refractivity (Wildman–Crippen MR) is 83.3 cm³/mol. The van der Waals surface area contributed by atoms with Crippen LogP contribution in [0.2, 0.25) is 0 Å². The maximum Gasteiger partial charge on any atom is 0.405 e. The summed E-state index contributed by atoms with van der Waals surface area (Å²) in [6.45, 7) is 0.765. The van der Waals surface area contributed by atoms with E-state index in [1.54, 1.807) is 9.80 Å². The highest BCUT2D eigenvalue weighted by Crippen LogP contribution is 2.28. The Morgan fingerprint density at radius 1 is 1.04 bits per heavy atom. The van der Waals surface area contributed by atoms with E-state index in [0.29, 0.717) is 38.5 Å². The van der Waals surface area contributed by atoms with E-state index in [1.807, 2.05) is 5.32 Å². The molecule has 0 radical (unpaired) electrons. The molecule has 24 heavy (non-hydrogen) atoms. The Morgan fingerprint density at radius 2 is 1.67 bits per heavy atom. The zero-order valence-electron chi connectivity index (χ0n) is 13.9. The molecule has 2 aliphatic rings. The number of nitrogens with one attached hydrogen (secondary N) is 1. The number of carbonyl (C=O) groups excluding carboxylic acids is 2. The first-order valence-corrected chi connectivity index (χ1v) is 8.67. The SMILES string of the molecule is O=C(CN1CCN(C(=O)CCC2CCCC2)CC1)NCC(F)(F)F. The summed E-state index contributed by atoms with van der Waals surface area (Å²) in [7, 11) is 0. The van der Waals surface area contributed by atoms with Gasteiger partial charge in [-0.3, -0.25) is 14.5 Å². The first-order valence-electron chi connectivity index (χ1n) is 8.67. The summed E-state index contributed by atoms with van der Waals surface area (Å²) >= 11 is 0. The van der Waals surface area contributed by atoms with Gasteiger partial charge in [0.2, 0.25) is 11.8 Å². The van der Waals surface area contributed by atoms with E-state index in [2.05, 4.69) is 0 Å². The normalized spacial score (nSPS) is 20.4. The summed E-state index contributed by atoms with van der Waals surface area (Å²) in [6, 6.07) is 0. The van der Waals surface area contributed by atoms with E-state index in [4.69, 9.17) is 0 Å². The van der Waals surface area contributed by atoms with Gasteiger partial charge >= 0.3 is 6.18 Å². The molecule has 1 N–H and O–H groups in total. The summed E-state index contributed by atoms with van der Waals surface area (Å²) in [5.41, 5.74) is 0. The molecule has 0 bridgehead atoms. The van der Waals surface area contributed by atoms with Gasteiger partial charge in [0.05, 0.1) is 6.54 Å². The average Bonchev–Trinajstić information content (AvgIpc) is 3.04. The first-order chi connectivity index (χ1) is 11.3. The van der Waals surface area contributed by atoms with Crippen LogP contribution in [0.1, 0.15) is 38.5 Å². The molecule has 1 saturated carbocycles. The third kappa shape index (κ3) is 6.67. The zero-order valence-corrected chi connectivity index (χ0v) is 13.9. The van der Waals surface area contributed by atoms with Crippen LogP contribution in [0, 0.1) is 5.92 Å². The van der Waals surface area contributed by atoms with E-state index in [1.165, 1.54) is 25.7 Å². The summed E-state index contributed by atoms with van der Waals surface area (Å²) in [6.07, 6.45) is 2.15. The molecule has 1 aliphatic carbocycles. The molecule has 8 heteroatoms. The number of nitrogens with zero attached hydrogens (tertiary/aromatic N) is 2.